The van der Waals surface area contributed by atoms with E-state index in [-0.39, 0.29) is 23.9 Å². The van der Waals surface area contributed by atoms with Crippen LogP contribution in [0.3, 0.4) is 0 Å². The molecule has 0 spiro atoms. The van der Waals surface area contributed by atoms with E-state index < -0.39 is 0 Å². The monoisotopic (exact) mass is 309 g/mol. The fraction of sp³-hybridized carbons (Fsp3) is 0. The Morgan fingerprint density at radius 1 is 0.571 bits per heavy atom. The van der Waals surface area contributed by atoms with Crippen molar-refractivity contribution in [3.8, 4) is 0 Å². The van der Waals surface area contributed by atoms with Gasteiger partial charge < -0.3 is 0 Å². The molecule has 0 heterocycles. The molecule has 1 radical (unpaired) electrons. The fourth-order valence-corrected chi connectivity index (χ4v) is 2.26. The van der Waals surface area contributed by atoms with Gasteiger partial charge in [0.1, 0.15) is 0 Å². The molecule has 2 heteroatoms. The Kier molecular flexibility index (Phi) is 5.21. The zero-order valence-corrected chi connectivity index (χ0v) is 15.0. The standard InChI is InChI=1S/C12H11P.Sn.3H/c1-3-7-11(8-4-1)13-12-9-5-2-6-10-12;;;;/h1-10,13H;;;;. The number of benzene rings is 2. The molecule has 0 aliphatic heterocycles. The summed E-state index contributed by atoms with van der Waals surface area (Å²) >= 11 is 0. The molecule has 0 nitrogen and oxygen atoms in total. The number of rotatable bonds is 2. The minimum atomic E-state index is 0. The molecule has 2 aromatic carbocycles. The van der Waals surface area contributed by atoms with Gasteiger partial charge in [-0.05, 0) is 10.6 Å². The Balaban J connectivity index is 0.000000980. The molecule has 14 heavy (non-hydrogen) atoms. The van der Waals surface area contributed by atoms with Gasteiger partial charge >= 0.3 is 23.9 Å². The zero-order valence-electron chi connectivity index (χ0n) is 8.27. The predicted molar refractivity (Wildman–Crippen MR) is 70.4 cm³/mol. The second-order valence-electron chi connectivity index (χ2n) is 2.86. The summed E-state index contributed by atoms with van der Waals surface area (Å²) in [5, 5.41) is 2.79. The van der Waals surface area contributed by atoms with Gasteiger partial charge in [-0.3, -0.25) is 0 Å². The number of hydrogen-bond donors (Lipinski definition) is 0. The van der Waals surface area contributed by atoms with Gasteiger partial charge in [0.05, 0.1) is 0 Å². The number of hydrogen-bond acceptors (Lipinski definition) is 0. The second-order valence-corrected chi connectivity index (χ2v) is 4.26. The van der Waals surface area contributed by atoms with Gasteiger partial charge in [0.25, 0.3) is 0 Å². The van der Waals surface area contributed by atoms with Crippen LogP contribution in [0.1, 0.15) is 0 Å². The van der Waals surface area contributed by atoms with Gasteiger partial charge in [0.15, 0.2) is 0 Å². The van der Waals surface area contributed by atoms with Crippen LogP contribution in [0.15, 0.2) is 60.7 Å². The Labute approximate surface area is 103 Å². The molecule has 2 rings (SSSR count). The maximum absolute atomic E-state index is 2.17. The van der Waals surface area contributed by atoms with Crippen LogP contribution in [-0.2, 0) is 0 Å². The molecule has 0 atom stereocenters. The maximum atomic E-state index is 2.17. The Bertz CT molecular complexity index is 321. The molecule has 0 unspecified atom stereocenters. The average Bonchev–Trinajstić information content (AvgIpc) is 2.21. The van der Waals surface area contributed by atoms with Crippen molar-refractivity contribution in [2.75, 3.05) is 0 Å². The molecule has 0 bridgehead atoms. The summed E-state index contributed by atoms with van der Waals surface area (Å²) < 4.78 is 0. The van der Waals surface area contributed by atoms with Crippen LogP contribution in [-0.4, -0.2) is 23.9 Å². The van der Waals surface area contributed by atoms with E-state index in [1.54, 1.807) is 0 Å². The van der Waals surface area contributed by atoms with E-state index in [2.05, 4.69) is 60.7 Å². The van der Waals surface area contributed by atoms with Gasteiger partial charge in [-0.2, -0.15) is 0 Å². The quantitative estimate of drug-likeness (QED) is 0.576. The van der Waals surface area contributed by atoms with Gasteiger partial charge in [0.2, 0.25) is 0 Å². The minimum Gasteiger partial charge on any atom is -0.0622 e. The summed E-state index contributed by atoms with van der Waals surface area (Å²) in [7, 11) is 0.777. The molecule has 0 aliphatic rings. The van der Waals surface area contributed by atoms with E-state index in [1.165, 1.54) is 10.6 Å². The molecule has 0 aliphatic carbocycles. The Morgan fingerprint density at radius 3 is 1.29 bits per heavy atom. The Hall–Kier alpha value is -0.331. The topological polar surface area (TPSA) is 0 Å². The van der Waals surface area contributed by atoms with E-state index in [9.17, 15) is 0 Å². The summed E-state index contributed by atoms with van der Waals surface area (Å²) in [4.78, 5) is 0. The summed E-state index contributed by atoms with van der Waals surface area (Å²) in [6.45, 7) is 0. The molecule has 0 fully saturated rings. The largest absolute Gasteiger partial charge is 0.0622 e. The van der Waals surface area contributed by atoms with Crippen molar-refractivity contribution in [2.45, 2.75) is 0 Å². The van der Waals surface area contributed by atoms with Crippen molar-refractivity contribution in [2.24, 2.45) is 0 Å². The molecule has 0 aromatic heterocycles. The summed E-state index contributed by atoms with van der Waals surface area (Å²) in [6, 6.07) is 21.2. The molecule has 2 aromatic rings. The molecule has 71 valence electrons. The second kappa shape index (κ2) is 6.21. The van der Waals surface area contributed by atoms with Gasteiger partial charge in [-0.15, -0.1) is 0 Å². The third kappa shape index (κ3) is 3.43. The van der Waals surface area contributed by atoms with E-state index in [1.807, 2.05) is 0 Å². The summed E-state index contributed by atoms with van der Waals surface area (Å²) in [5.41, 5.74) is 0. The predicted octanol–water partition coefficient (Wildman–Crippen LogP) is 1.13. The van der Waals surface area contributed by atoms with Crippen molar-refractivity contribution in [3.63, 3.8) is 0 Å². The van der Waals surface area contributed by atoms with E-state index in [4.69, 9.17) is 0 Å². The molecule has 0 N–H and O–H groups in total. The van der Waals surface area contributed by atoms with Crippen LogP contribution in [0.4, 0.5) is 0 Å². The van der Waals surface area contributed by atoms with Crippen molar-refractivity contribution in [1.29, 1.82) is 0 Å². The Morgan fingerprint density at radius 2 is 0.929 bits per heavy atom. The summed E-state index contributed by atoms with van der Waals surface area (Å²) in [5.74, 6) is 0. The van der Waals surface area contributed by atoms with Crippen LogP contribution < -0.4 is 10.6 Å². The normalized spacial score (nSPS) is 9.14. The minimum absolute atomic E-state index is 0. The van der Waals surface area contributed by atoms with Crippen molar-refractivity contribution in [3.05, 3.63) is 60.7 Å². The fourth-order valence-electron chi connectivity index (χ4n) is 1.21. The van der Waals surface area contributed by atoms with Crippen LogP contribution in [0.25, 0.3) is 0 Å². The third-order valence-electron chi connectivity index (χ3n) is 1.84. The van der Waals surface area contributed by atoms with Gasteiger partial charge in [-0.1, -0.05) is 69.2 Å². The average molecular weight is 308 g/mol. The first kappa shape index (κ1) is 11.7. The van der Waals surface area contributed by atoms with Crippen molar-refractivity contribution < 1.29 is 0 Å². The SMILES string of the molecule is [SnH3].c1ccc(Pc2ccccc2)cc1. The van der Waals surface area contributed by atoms with Crippen LogP contribution in [0.5, 0.6) is 0 Å². The first-order valence-electron chi connectivity index (χ1n) is 4.32. The van der Waals surface area contributed by atoms with Crippen molar-refractivity contribution >= 4 is 43.1 Å². The van der Waals surface area contributed by atoms with Crippen LogP contribution in [0, 0.1) is 0 Å². The van der Waals surface area contributed by atoms with Crippen LogP contribution in [0.2, 0.25) is 0 Å². The van der Waals surface area contributed by atoms with E-state index >= 15 is 0 Å². The zero-order chi connectivity index (χ0) is 8.93. The first-order chi connectivity index (χ1) is 6.45. The molecule has 0 amide bonds. The van der Waals surface area contributed by atoms with Crippen molar-refractivity contribution in [1.82, 2.24) is 0 Å². The smallest absolute Gasteiger partial charge is 0.0226 e. The molecule has 0 saturated heterocycles. The maximum Gasteiger partial charge on any atom is -0.0226 e. The molecule has 0 saturated carbocycles. The first-order valence-corrected chi connectivity index (χ1v) is 5.32. The van der Waals surface area contributed by atoms with Gasteiger partial charge in [0, 0.05) is 0 Å². The molecular formula is C12H14PSn. The molecular weight excluding hydrogens is 294 g/mol. The van der Waals surface area contributed by atoms with E-state index in [0.717, 1.165) is 8.58 Å². The van der Waals surface area contributed by atoms with Crippen LogP contribution >= 0.6 is 8.58 Å². The van der Waals surface area contributed by atoms with E-state index in [0.29, 0.717) is 0 Å². The van der Waals surface area contributed by atoms with Gasteiger partial charge in [-0.25, -0.2) is 0 Å². The third-order valence-corrected chi connectivity index (χ3v) is 3.08. The summed E-state index contributed by atoms with van der Waals surface area (Å²) in [6.07, 6.45) is 0.